The molecule has 0 aromatic heterocycles. The fourth-order valence-corrected chi connectivity index (χ4v) is 1.95. The van der Waals surface area contributed by atoms with Crippen molar-refractivity contribution in [1.29, 1.82) is 0 Å². The predicted molar refractivity (Wildman–Crippen MR) is 78.4 cm³/mol. The van der Waals surface area contributed by atoms with Crippen molar-refractivity contribution in [2.45, 2.75) is 41.0 Å². The largest absolute Gasteiger partial charge is 0.493 e. The molecule has 0 fully saturated rings. The van der Waals surface area contributed by atoms with E-state index >= 15 is 0 Å². The van der Waals surface area contributed by atoms with Crippen molar-refractivity contribution in [3.8, 4) is 5.75 Å². The molecule has 102 valence electrons. The van der Waals surface area contributed by atoms with E-state index in [4.69, 9.17) is 4.74 Å². The molecule has 2 nitrogen and oxygen atoms in total. The third kappa shape index (κ3) is 5.54. The molecule has 2 heteroatoms. The van der Waals surface area contributed by atoms with Gasteiger partial charge in [0.1, 0.15) is 5.75 Å². The summed E-state index contributed by atoms with van der Waals surface area (Å²) in [4.78, 5) is 0. The molecule has 0 saturated heterocycles. The van der Waals surface area contributed by atoms with Gasteiger partial charge in [0.25, 0.3) is 0 Å². The van der Waals surface area contributed by atoms with Crippen molar-refractivity contribution in [3.63, 3.8) is 0 Å². The van der Waals surface area contributed by atoms with Crippen LogP contribution in [0.5, 0.6) is 5.75 Å². The van der Waals surface area contributed by atoms with E-state index in [-0.39, 0.29) is 5.41 Å². The number of hydrogen-bond donors (Lipinski definition) is 1. The number of benzene rings is 1. The molecule has 0 atom stereocenters. The molecule has 1 aromatic carbocycles. The minimum absolute atomic E-state index is 0.160. The van der Waals surface area contributed by atoms with E-state index in [0.717, 1.165) is 25.4 Å². The lowest BCUT2D eigenvalue weighted by Crippen LogP contribution is -2.34. The Hall–Kier alpha value is -1.02. The van der Waals surface area contributed by atoms with Gasteiger partial charge in [-0.05, 0) is 50.1 Å². The highest BCUT2D eigenvalue weighted by Crippen LogP contribution is 2.20. The van der Waals surface area contributed by atoms with Crippen LogP contribution in [0.4, 0.5) is 0 Å². The molecule has 0 radical (unpaired) electrons. The molecular weight excluding hydrogens is 222 g/mol. The molecule has 0 aliphatic rings. The fourth-order valence-electron chi connectivity index (χ4n) is 1.95. The lowest BCUT2D eigenvalue weighted by atomic mass is 9.95. The van der Waals surface area contributed by atoms with E-state index in [9.17, 15) is 0 Å². The number of hydrogen-bond acceptors (Lipinski definition) is 2. The highest BCUT2D eigenvalue weighted by molar-refractivity contribution is 5.33. The molecule has 1 N–H and O–H groups in total. The van der Waals surface area contributed by atoms with E-state index in [1.54, 1.807) is 0 Å². The van der Waals surface area contributed by atoms with Crippen molar-refractivity contribution >= 4 is 0 Å². The van der Waals surface area contributed by atoms with E-state index in [1.807, 2.05) is 0 Å². The van der Waals surface area contributed by atoms with Crippen LogP contribution in [0.2, 0.25) is 0 Å². The van der Waals surface area contributed by atoms with Crippen LogP contribution in [0.1, 0.15) is 38.3 Å². The number of aryl methyl sites for hydroxylation is 2. The van der Waals surface area contributed by atoms with Crippen LogP contribution >= 0.6 is 0 Å². The average Bonchev–Trinajstić information content (AvgIpc) is 2.25. The zero-order valence-electron chi connectivity index (χ0n) is 12.5. The van der Waals surface area contributed by atoms with Gasteiger partial charge in [0, 0.05) is 12.0 Å². The third-order valence-electron chi connectivity index (χ3n) is 2.86. The maximum atomic E-state index is 5.92. The van der Waals surface area contributed by atoms with E-state index in [2.05, 4.69) is 58.1 Å². The molecule has 0 spiro atoms. The zero-order valence-corrected chi connectivity index (χ0v) is 12.5. The van der Waals surface area contributed by atoms with Gasteiger partial charge < -0.3 is 10.1 Å². The second kappa shape index (κ2) is 6.79. The van der Waals surface area contributed by atoms with Gasteiger partial charge in [-0.3, -0.25) is 0 Å². The van der Waals surface area contributed by atoms with Crippen molar-refractivity contribution in [2.24, 2.45) is 5.41 Å². The maximum Gasteiger partial charge on any atom is 0.119 e. The van der Waals surface area contributed by atoms with Crippen molar-refractivity contribution in [3.05, 3.63) is 29.3 Å². The Morgan fingerprint density at radius 1 is 1.11 bits per heavy atom. The van der Waals surface area contributed by atoms with E-state index in [1.165, 1.54) is 17.5 Å². The summed E-state index contributed by atoms with van der Waals surface area (Å²) >= 11 is 0. The molecular formula is C16H27NO. The monoisotopic (exact) mass is 249 g/mol. The van der Waals surface area contributed by atoms with Crippen molar-refractivity contribution in [1.82, 2.24) is 5.32 Å². The summed E-state index contributed by atoms with van der Waals surface area (Å²) in [6, 6.07) is 6.37. The number of ether oxygens (including phenoxy) is 1. The summed E-state index contributed by atoms with van der Waals surface area (Å²) in [5, 5.41) is 3.45. The first-order chi connectivity index (χ1) is 8.43. The van der Waals surface area contributed by atoms with Gasteiger partial charge in [-0.2, -0.15) is 0 Å². The molecule has 1 rings (SSSR count). The van der Waals surface area contributed by atoms with Gasteiger partial charge in [-0.15, -0.1) is 0 Å². The summed E-state index contributed by atoms with van der Waals surface area (Å²) in [5.74, 6) is 0.982. The second-order valence-corrected chi connectivity index (χ2v) is 5.95. The van der Waals surface area contributed by atoms with Crippen LogP contribution in [0.25, 0.3) is 0 Å². The second-order valence-electron chi connectivity index (χ2n) is 5.95. The Bertz CT molecular complexity index is 351. The topological polar surface area (TPSA) is 21.3 Å². The molecule has 0 bridgehead atoms. The van der Waals surface area contributed by atoms with Crippen LogP contribution in [-0.2, 0) is 0 Å². The van der Waals surface area contributed by atoms with Gasteiger partial charge >= 0.3 is 0 Å². The molecule has 0 amide bonds. The standard InChI is InChI=1S/C16H27NO/c1-6-7-17-11-16(4,5)12-18-15-9-13(2)8-14(3)10-15/h8-10,17H,6-7,11-12H2,1-5H3. The van der Waals surface area contributed by atoms with Gasteiger partial charge in [-0.25, -0.2) is 0 Å². The molecule has 1 aromatic rings. The maximum absolute atomic E-state index is 5.92. The first-order valence-corrected chi connectivity index (χ1v) is 6.85. The minimum Gasteiger partial charge on any atom is -0.493 e. The Morgan fingerprint density at radius 2 is 1.72 bits per heavy atom. The zero-order chi connectivity index (χ0) is 13.6. The molecule has 18 heavy (non-hydrogen) atoms. The lowest BCUT2D eigenvalue weighted by molar-refractivity contribution is 0.176. The highest BCUT2D eigenvalue weighted by atomic mass is 16.5. The Morgan fingerprint density at radius 3 is 2.28 bits per heavy atom. The van der Waals surface area contributed by atoms with Gasteiger partial charge in [0.05, 0.1) is 6.61 Å². The SMILES string of the molecule is CCCNCC(C)(C)COc1cc(C)cc(C)c1. The quantitative estimate of drug-likeness (QED) is 0.744. The van der Waals surface area contributed by atoms with Crippen LogP contribution in [-0.4, -0.2) is 19.7 Å². The Balaban J connectivity index is 2.47. The Kier molecular flexibility index (Phi) is 5.67. The molecule has 0 aliphatic heterocycles. The molecule has 0 unspecified atom stereocenters. The smallest absolute Gasteiger partial charge is 0.119 e. The first-order valence-electron chi connectivity index (χ1n) is 6.85. The first kappa shape index (κ1) is 15.0. The number of rotatable bonds is 7. The molecule has 0 heterocycles. The summed E-state index contributed by atoms with van der Waals surface area (Å²) < 4.78 is 5.92. The third-order valence-corrected chi connectivity index (χ3v) is 2.86. The normalized spacial score (nSPS) is 11.6. The van der Waals surface area contributed by atoms with Crippen LogP contribution < -0.4 is 10.1 Å². The van der Waals surface area contributed by atoms with Crippen molar-refractivity contribution in [2.75, 3.05) is 19.7 Å². The summed E-state index contributed by atoms with van der Waals surface area (Å²) in [6.07, 6.45) is 1.17. The highest BCUT2D eigenvalue weighted by Gasteiger charge is 2.18. The van der Waals surface area contributed by atoms with Crippen LogP contribution in [0, 0.1) is 19.3 Å². The lowest BCUT2D eigenvalue weighted by Gasteiger charge is -2.25. The van der Waals surface area contributed by atoms with Crippen LogP contribution in [0.3, 0.4) is 0 Å². The summed E-state index contributed by atoms with van der Waals surface area (Å²) in [5.41, 5.74) is 2.67. The van der Waals surface area contributed by atoms with Gasteiger partial charge in [0.15, 0.2) is 0 Å². The molecule has 0 aliphatic carbocycles. The van der Waals surface area contributed by atoms with Crippen LogP contribution in [0.15, 0.2) is 18.2 Å². The van der Waals surface area contributed by atoms with Gasteiger partial charge in [0.2, 0.25) is 0 Å². The Labute approximate surface area is 112 Å². The minimum atomic E-state index is 0.160. The number of nitrogens with one attached hydrogen (secondary N) is 1. The van der Waals surface area contributed by atoms with E-state index in [0.29, 0.717) is 0 Å². The predicted octanol–water partition coefficient (Wildman–Crippen LogP) is 3.71. The summed E-state index contributed by atoms with van der Waals surface area (Å²) in [6.45, 7) is 13.7. The van der Waals surface area contributed by atoms with Crippen molar-refractivity contribution < 1.29 is 4.74 Å². The van der Waals surface area contributed by atoms with Gasteiger partial charge in [-0.1, -0.05) is 26.8 Å². The fraction of sp³-hybridized carbons (Fsp3) is 0.625. The molecule has 0 saturated carbocycles. The summed E-state index contributed by atoms with van der Waals surface area (Å²) in [7, 11) is 0. The van der Waals surface area contributed by atoms with E-state index < -0.39 is 0 Å². The average molecular weight is 249 g/mol.